The molecule has 0 aliphatic heterocycles. The molecule has 16 nitrogen and oxygen atoms in total. The fourth-order valence-electron chi connectivity index (χ4n) is 7.70. The van der Waals surface area contributed by atoms with Crippen LogP contribution in [-0.4, -0.2) is 88.5 Å². The van der Waals surface area contributed by atoms with E-state index in [4.69, 9.17) is 4.55 Å². The Kier molecular flexibility index (Phi) is 8.36. The molecule has 0 spiro atoms. The van der Waals surface area contributed by atoms with Gasteiger partial charge in [0.1, 0.15) is 35.0 Å². The minimum Gasteiger partial charge on any atom is -0.346 e. The van der Waals surface area contributed by atoms with Crippen molar-refractivity contribution < 1.29 is 21.4 Å². The fourth-order valence-corrected chi connectivity index (χ4v) is 10.4. The summed E-state index contributed by atoms with van der Waals surface area (Å²) in [6.07, 6.45) is 16.0. The smallest absolute Gasteiger partial charge is 0.265 e. The van der Waals surface area contributed by atoms with Crippen LogP contribution in [0.3, 0.4) is 0 Å². The van der Waals surface area contributed by atoms with Crippen LogP contribution in [-0.2, 0) is 20.1 Å². The van der Waals surface area contributed by atoms with Crippen LogP contribution in [0.25, 0.3) is 33.1 Å². The van der Waals surface area contributed by atoms with Crippen molar-refractivity contribution in [1.82, 2.24) is 54.3 Å². The molecule has 0 radical (unpaired) electrons. The van der Waals surface area contributed by atoms with Gasteiger partial charge >= 0.3 is 0 Å². The molecule has 18 heteroatoms. The number of nitrogens with one attached hydrogen (secondary N) is 3. The van der Waals surface area contributed by atoms with Gasteiger partial charge in [0.2, 0.25) is 10.0 Å². The highest BCUT2D eigenvalue weighted by Gasteiger charge is 2.33. The van der Waals surface area contributed by atoms with Crippen molar-refractivity contribution in [3.63, 3.8) is 0 Å². The Morgan fingerprint density at radius 1 is 0.694 bits per heavy atom. The average Bonchev–Trinajstić information content (AvgIpc) is 3.52. The van der Waals surface area contributed by atoms with Crippen molar-refractivity contribution in [2.24, 2.45) is 11.8 Å². The number of H-pyrrole nitrogens is 2. The Balaban J connectivity index is 0.000000143. The van der Waals surface area contributed by atoms with E-state index in [0.29, 0.717) is 5.92 Å². The Morgan fingerprint density at radius 3 is 1.61 bits per heavy atom. The van der Waals surface area contributed by atoms with Crippen LogP contribution in [0.5, 0.6) is 0 Å². The molecule has 3 aliphatic rings. The van der Waals surface area contributed by atoms with Gasteiger partial charge < -0.3 is 9.97 Å². The normalized spacial score (nSPS) is 23.7. The van der Waals surface area contributed by atoms with Gasteiger partial charge in [0.15, 0.2) is 0 Å². The number of rotatable bonds is 8. The van der Waals surface area contributed by atoms with Gasteiger partial charge in [-0.25, -0.2) is 32.1 Å². The van der Waals surface area contributed by atoms with Gasteiger partial charge in [-0.05, 0) is 88.2 Å². The molecule has 0 bridgehead atoms. The summed E-state index contributed by atoms with van der Waals surface area (Å²) in [6, 6.07) is 4.16. The molecule has 3 aliphatic carbocycles. The molecule has 9 rings (SSSR count). The SMILES string of the molecule is O=S(=O)(C[C@H]1CC[C@H](c2nnn3cnc4[nH]ccc4c23)CC1)NC1CC1.O=S(=O)(O)C[C@H]1CC[C@H](c2nnn3cnc4[nH]ccc4c23)CC1. The molecule has 4 N–H and O–H groups in total. The molecule has 3 fully saturated rings. The summed E-state index contributed by atoms with van der Waals surface area (Å²) < 4.78 is 61.7. The summed E-state index contributed by atoms with van der Waals surface area (Å²) >= 11 is 0. The minimum atomic E-state index is -3.90. The Hall–Kier alpha value is -4.00. The molecule has 260 valence electrons. The van der Waals surface area contributed by atoms with Crippen molar-refractivity contribution in [3.8, 4) is 0 Å². The maximum Gasteiger partial charge on any atom is 0.265 e. The number of aromatic amines is 2. The summed E-state index contributed by atoms with van der Waals surface area (Å²) in [6.45, 7) is 0. The molecule has 6 aromatic heterocycles. The zero-order valence-corrected chi connectivity index (χ0v) is 28.4. The number of aromatic nitrogens is 10. The van der Waals surface area contributed by atoms with Crippen LogP contribution in [0.1, 0.15) is 87.4 Å². The molecule has 3 saturated carbocycles. The Morgan fingerprint density at radius 2 is 1.16 bits per heavy atom. The first-order valence-electron chi connectivity index (χ1n) is 16.9. The second kappa shape index (κ2) is 12.7. The lowest BCUT2D eigenvalue weighted by atomic mass is 9.81. The topological polar surface area (TPSA) is 218 Å². The first kappa shape index (κ1) is 32.2. The van der Waals surface area contributed by atoms with Crippen molar-refractivity contribution in [2.45, 2.75) is 82.1 Å². The van der Waals surface area contributed by atoms with Gasteiger partial charge in [-0.2, -0.15) is 8.42 Å². The highest BCUT2D eigenvalue weighted by molar-refractivity contribution is 7.89. The highest BCUT2D eigenvalue weighted by Crippen LogP contribution is 2.39. The zero-order chi connectivity index (χ0) is 33.8. The molecule has 0 amide bonds. The summed E-state index contributed by atoms with van der Waals surface area (Å²) in [7, 11) is -7.04. The predicted molar refractivity (Wildman–Crippen MR) is 181 cm³/mol. The van der Waals surface area contributed by atoms with Gasteiger partial charge in [-0.3, -0.25) is 4.55 Å². The molecule has 0 saturated heterocycles. The summed E-state index contributed by atoms with van der Waals surface area (Å²) in [4.78, 5) is 14.9. The summed E-state index contributed by atoms with van der Waals surface area (Å²) in [5, 5.41) is 19.2. The highest BCUT2D eigenvalue weighted by atomic mass is 32.2. The maximum atomic E-state index is 12.2. The van der Waals surface area contributed by atoms with Gasteiger partial charge in [0.25, 0.3) is 10.1 Å². The Labute approximate surface area is 282 Å². The first-order chi connectivity index (χ1) is 23.6. The largest absolute Gasteiger partial charge is 0.346 e. The lowest BCUT2D eigenvalue weighted by Crippen LogP contribution is -2.32. The van der Waals surface area contributed by atoms with Crippen LogP contribution in [0.2, 0.25) is 0 Å². The quantitative estimate of drug-likeness (QED) is 0.167. The van der Waals surface area contributed by atoms with Gasteiger partial charge in [0.05, 0.1) is 22.9 Å². The number of nitrogens with zero attached hydrogens (tertiary/aromatic N) is 8. The van der Waals surface area contributed by atoms with Gasteiger partial charge in [0, 0.05) is 41.0 Å². The maximum absolute atomic E-state index is 12.2. The van der Waals surface area contributed by atoms with Crippen LogP contribution >= 0.6 is 0 Å². The molecular weight excluding hydrogens is 671 g/mol. The van der Waals surface area contributed by atoms with Crippen LogP contribution in [0.4, 0.5) is 0 Å². The van der Waals surface area contributed by atoms with E-state index >= 15 is 0 Å². The van der Waals surface area contributed by atoms with Crippen molar-refractivity contribution in [1.29, 1.82) is 0 Å². The summed E-state index contributed by atoms with van der Waals surface area (Å²) in [5.41, 5.74) is 5.59. The number of hydrogen-bond acceptors (Lipinski definition) is 10. The third-order valence-corrected chi connectivity index (χ3v) is 12.8. The van der Waals surface area contributed by atoms with Crippen LogP contribution in [0.15, 0.2) is 37.2 Å². The predicted octanol–water partition coefficient (Wildman–Crippen LogP) is 3.73. The van der Waals surface area contributed by atoms with Crippen LogP contribution in [0, 0.1) is 11.8 Å². The molecule has 0 atom stereocenters. The molecule has 0 unspecified atom stereocenters. The van der Waals surface area contributed by atoms with E-state index in [9.17, 15) is 16.8 Å². The van der Waals surface area contributed by atoms with E-state index in [0.717, 1.165) is 109 Å². The summed E-state index contributed by atoms with van der Waals surface area (Å²) in [5.74, 6) is 0.947. The standard InChI is InChI=1S/C17H22N6O2S.C14H17N5O3S/c24-26(25,21-13-5-6-13)9-11-1-3-12(4-2-11)15-16-14-7-8-18-17(14)19-10-23(16)22-20-15;20-23(21,22)7-9-1-3-10(4-2-9)12-13-11-5-6-15-14(11)16-8-19(13)18-17-12/h7-8,10-13,18,21H,1-6,9H2;5-6,8-10,15H,1-4,7H2,(H,20,21,22)/t11-,12-;9-,10-. The third-order valence-electron chi connectivity index (χ3n) is 10.3. The lowest BCUT2D eigenvalue weighted by molar-refractivity contribution is 0.339. The average molecular weight is 710 g/mol. The monoisotopic (exact) mass is 709 g/mol. The van der Waals surface area contributed by atoms with Gasteiger partial charge in [-0.1, -0.05) is 10.4 Å². The van der Waals surface area contributed by atoms with E-state index in [1.54, 1.807) is 21.7 Å². The molecule has 6 aromatic rings. The second-order valence-electron chi connectivity index (χ2n) is 13.9. The molecular formula is C31H39N11O5S2. The third kappa shape index (κ3) is 6.91. The molecule has 49 heavy (non-hydrogen) atoms. The zero-order valence-electron chi connectivity index (χ0n) is 26.8. The Bertz CT molecular complexity index is 2330. The van der Waals surface area contributed by atoms with E-state index in [-0.39, 0.29) is 35.3 Å². The molecule has 0 aromatic carbocycles. The van der Waals surface area contributed by atoms with Crippen molar-refractivity contribution in [3.05, 3.63) is 48.6 Å². The van der Waals surface area contributed by atoms with Crippen molar-refractivity contribution >= 4 is 53.2 Å². The van der Waals surface area contributed by atoms with Crippen molar-refractivity contribution in [2.75, 3.05) is 11.5 Å². The van der Waals surface area contributed by atoms with E-state index in [1.807, 2.05) is 24.5 Å². The number of sulfonamides is 1. The van der Waals surface area contributed by atoms with Crippen LogP contribution < -0.4 is 4.72 Å². The molecule has 6 heterocycles. The fraction of sp³-hybridized carbons (Fsp3) is 0.548. The van der Waals surface area contributed by atoms with E-state index in [1.165, 1.54) is 0 Å². The van der Waals surface area contributed by atoms with Gasteiger partial charge in [-0.15, -0.1) is 10.2 Å². The number of fused-ring (bicyclic) bond motifs is 6. The first-order valence-corrected chi connectivity index (χ1v) is 20.2. The minimum absolute atomic E-state index is 0.0250. The van der Waals surface area contributed by atoms with E-state index in [2.05, 4.69) is 45.3 Å². The lowest BCUT2D eigenvalue weighted by Gasteiger charge is -2.27. The second-order valence-corrected chi connectivity index (χ2v) is 17.2. The van der Waals surface area contributed by atoms with E-state index < -0.39 is 20.1 Å². The number of hydrogen-bond donors (Lipinski definition) is 4.